The number of ether oxygens (including phenoxy) is 2. The fourth-order valence-corrected chi connectivity index (χ4v) is 7.31. The number of phosphoric acid groups is 1. The molecule has 0 heterocycles. The Morgan fingerprint density at radius 2 is 0.796 bits per heavy atom. The van der Waals surface area contributed by atoms with Gasteiger partial charge in [0, 0.05) is 12.8 Å². The van der Waals surface area contributed by atoms with E-state index in [1.807, 2.05) is 0 Å². The molecule has 0 amide bonds. The Morgan fingerprint density at radius 1 is 0.481 bits per heavy atom. The van der Waals surface area contributed by atoms with Gasteiger partial charge in [-0.3, -0.25) is 18.6 Å². The average Bonchev–Trinajstić information content (AvgIpc) is 3.16. The molecule has 1 unspecified atom stereocenters. The van der Waals surface area contributed by atoms with Crippen LogP contribution in [0.25, 0.3) is 0 Å². The molecule has 0 bridgehead atoms. The maximum Gasteiger partial charge on any atom is 0.472 e. The van der Waals surface area contributed by atoms with Crippen LogP contribution >= 0.6 is 7.82 Å². The minimum absolute atomic E-state index is 0.192. The Morgan fingerprint density at radius 3 is 1.15 bits per heavy atom. The van der Waals surface area contributed by atoms with Crippen LogP contribution in [0.15, 0.2) is 0 Å². The zero-order chi connectivity index (χ0) is 39.8. The van der Waals surface area contributed by atoms with Crippen LogP contribution in [0, 0.1) is 0 Å². The molecule has 0 fully saturated rings. The lowest BCUT2D eigenvalue weighted by molar-refractivity contribution is -0.161. The Bertz CT molecular complexity index is 873. The quantitative estimate of drug-likeness (QED) is 0.0309. The number of carbonyl (C=O) groups is 2. The molecular weight excluding hydrogens is 707 g/mol. The van der Waals surface area contributed by atoms with Crippen LogP contribution in [-0.4, -0.2) is 65.7 Å². The van der Waals surface area contributed by atoms with Gasteiger partial charge in [-0.05, 0) is 12.8 Å². The van der Waals surface area contributed by atoms with Crippen molar-refractivity contribution in [2.45, 2.75) is 238 Å². The standard InChI is InChI=1S/C43H85O10P/c1-3-5-7-9-11-13-15-17-18-19-20-21-22-23-25-26-28-30-32-34-42(46)50-38-41(39-52-54(48,49)51-37-40(45)36-44)53-43(47)35-33-31-29-27-24-16-14-12-10-8-6-4-2/h40-41,44-45H,3-39H2,1-2H3,(H,48,49)/t40-,41+/m0/s1. The second kappa shape index (κ2) is 40.2. The van der Waals surface area contributed by atoms with Crippen molar-refractivity contribution in [2.75, 3.05) is 26.4 Å². The largest absolute Gasteiger partial charge is 0.472 e. The van der Waals surface area contributed by atoms with Crippen molar-refractivity contribution >= 4 is 19.8 Å². The molecule has 0 saturated carbocycles. The molecule has 11 heteroatoms. The monoisotopic (exact) mass is 793 g/mol. The SMILES string of the molecule is CCCCCCCCCCCCCCCCCCCCCC(=O)OC[C@H](COP(=O)(O)OC[C@@H](O)CO)OC(=O)CCCCCCCCCCCCCC. The summed E-state index contributed by atoms with van der Waals surface area (Å²) >= 11 is 0. The average molecular weight is 793 g/mol. The minimum atomic E-state index is -4.61. The van der Waals surface area contributed by atoms with E-state index in [4.69, 9.17) is 23.6 Å². The molecule has 322 valence electrons. The molecule has 0 aliphatic carbocycles. The van der Waals surface area contributed by atoms with Gasteiger partial charge < -0.3 is 24.6 Å². The number of carbonyl (C=O) groups excluding carboxylic acids is 2. The number of aliphatic hydroxyl groups excluding tert-OH is 2. The summed E-state index contributed by atoms with van der Waals surface area (Å²) < 4.78 is 32.7. The molecule has 0 aliphatic heterocycles. The van der Waals surface area contributed by atoms with Gasteiger partial charge in [0.1, 0.15) is 12.7 Å². The van der Waals surface area contributed by atoms with Crippen LogP contribution in [0.1, 0.15) is 226 Å². The van der Waals surface area contributed by atoms with Gasteiger partial charge in [-0.2, -0.15) is 0 Å². The molecule has 0 radical (unpaired) electrons. The molecule has 3 N–H and O–H groups in total. The van der Waals surface area contributed by atoms with E-state index in [9.17, 15) is 24.2 Å². The number of aliphatic hydroxyl groups is 2. The van der Waals surface area contributed by atoms with Crippen molar-refractivity contribution in [1.82, 2.24) is 0 Å². The highest BCUT2D eigenvalue weighted by Crippen LogP contribution is 2.43. The molecule has 0 aliphatic rings. The van der Waals surface area contributed by atoms with Crippen molar-refractivity contribution in [3.8, 4) is 0 Å². The van der Waals surface area contributed by atoms with Crippen molar-refractivity contribution in [2.24, 2.45) is 0 Å². The van der Waals surface area contributed by atoms with Crippen molar-refractivity contribution in [1.29, 1.82) is 0 Å². The lowest BCUT2D eigenvalue weighted by Gasteiger charge is -2.20. The van der Waals surface area contributed by atoms with Crippen LogP contribution < -0.4 is 0 Å². The minimum Gasteiger partial charge on any atom is -0.462 e. The lowest BCUT2D eigenvalue weighted by Crippen LogP contribution is -2.29. The summed E-state index contributed by atoms with van der Waals surface area (Å²) in [7, 11) is -4.61. The highest BCUT2D eigenvalue weighted by atomic mass is 31.2. The summed E-state index contributed by atoms with van der Waals surface area (Å²) in [4.78, 5) is 35.0. The summed E-state index contributed by atoms with van der Waals surface area (Å²) in [6.07, 6.45) is 36.4. The van der Waals surface area contributed by atoms with Crippen LogP contribution in [0.4, 0.5) is 0 Å². The smallest absolute Gasteiger partial charge is 0.462 e. The third-order valence-corrected chi connectivity index (χ3v) is 11.0. The first-order chi connectivity index (χ1) is 26.2. The molecule has 0 aromatic carbocycles. The van der Waals surface area contributed by atoms with Crippen molar-refractivity contribution in [3.63, 3.8) is 0 Å². The van der Waals surface area contributed by atoms with Crippen LogP contribution in [-0.2, 0) is 32.7 Å². The first-order valence-electron chi connectivity index (χ1n) is 22.5. The first-order valence-corrected chi connectivity index (χ1v) is 24.0. The van der Waals surface area contributed by atoms with E-state index in [2.05, 4.69) is 13.8 Å². The third-order valence-electron chi connectivity index (χ3n) is 10.0. The van der Waals surface area contributed by atoms with E-state index >= 15 is 0 Å². The van der Waals surface area contributed by atoms with Gasteiger partial charge in [0.2, 0.25) is 0 Å². The van der Waals surface area contributed by atoms with Gasteiger partial charge in [0.05, 0.1) is 19.8 Å². The van der Waals surface area contributed by atoms with E-state index < -0.39 is 51.8 Å². The van der Waals surface area contributed by atoms with Crippen LogP contribution in [0.5, 0.6) is 0 Å². The van der Waals surface area contributed by atoms with Crippen molar-refractivity contribution in [3.05, 3.63) is 0 Å². The van der Waals surface area contributed by atoms with Crippen molar-refractivity contribution < 1.29 is 47.8 Å². The van der Waals surface area contributed by atoms with E-state index in [0.717, 1.165) is 32.1 Å². The summed E-state index contributed by atoms with van der Waals surface area (Å²) in [6.45, 7) is 2.42. The number of esters is 2. The molecule has 0 spiro atoms. The number of hydrogen-bond acceptors (Lipinski definition) is 9. The molecule has 0 aromatic rings. The third kappa shape index (κ3) is 39.2. The Labute approximate surface area is 331 Å². The zero-order valence-electron chi connectivity index (χ0n) is 35.0. The predicted molar refractivity (Wildman–Crippen MR) is 219 cm³/mol. The van der Waals surface area contributed by atoms with Crippen LogP contribution in [0.2, 0.25) is 0 Å². The fraction of sp³-hybridized carbons (Fsp3) is 0.953. The van der Waals surface area contributed by atoms with Gasteiger partial charge >= 0.3 is 19.8 Å². The Hall–Kier alpha value is -1.03. The summed E-state index contributed by atoms with van der Waals surface area (Å²) in [5.41, 5.74) is 0. The number of unbranched alkanes of at least 4 members (excludes halogenated alkanes) is 29. The Balaban J connectivity index is 4.17. The molecule has 0 rings (SSSR count). The van der Waals surface area contributed by atoms with Crippen LogP contribution in [0.3, 0.4) is 0 Å². The highest BCUT2D eigenvalue weighted by Gasteiger charge is 2.27. The highest BCUT2D eigenvalue weighted by molar-refractivity contribution is 7.47. The number of phosphoric ester groups is 1. The molecule has 3 atom stereocenters. The zero-order valence-corrected chi connectivity index (χ0v) is 35.9. The van der Waals surface area contributed by atoms with Gasteiger partial charge in [-0.15, -0.1) is 0 Å². The normalized spacial score (nSPS) is 13.8. The summed E-state index contributed by atoms with van der Waals surface area (Å²) in [5, 5.41) is 18.3. The second-order valence-corrected chi connectivity index (χ2v) is 16.9. The summed E-state index contributed by atoms with van der Waals surface area (Å²) in [6, 6.07) is 0. The van der Waals surface area contributed by atoms with E-state index in [-0.39, 0.29) is 19.4 Å². The second-order valence-electron chi connectivity index (χ2n) is 15.4. The lowest BCUT2D eigenvalue weighted by atomic mass is 10.0. The van der Waals surface area contributed by atoms with E-state index in [0.29, 0.717) is 12.8 Å². The van der Waals surface area contributed by atoms with Gasteiger partial charge in [0.25, 0.3) is 0 Å². The molecule has 54 heavy (non-hydrogen) atoms. The topological polar surface area (TPSA) is 149 Å². The van der Waals surface area contributed by atoms with Gasteiger partial charge in [0.15, 0.2) is 6.10 Å². The maximum absolute atomic E-state index is 12.6. The van der Waals surface area contributed by atoms with Gasteiger partial charge in [-0.1, -0.05) is 200 Å². The van der Waals surface area contributed by atoms with E-state index in [1.54, 1.807) is 0 Å². The number of hydrogen-bond donors (Lipinski definition) is 3. The summed E-state index contributed by atoms with van der Waals surface area (Å²) in [5.74, 6) is -0.909. The number of rotatable bonds is 43. The maximum atomic E-state index is 12.6. The first kappa shape index (κ1) is 53.0. The predicted octanol–water partition coefficient (Wildman–Crippen LogP) is 11.8. The molecule has 10 nitrogen and oxygen atoms in total. The molecule has 0 saturated heterocycles. The molecular formula is C43H85O10P. The Kier molecular flexibility index (Phi) is 39.4. The fourth-order valence-electron chi connectivity index (χ4n) is 6.52. The molecule has 0 aromatic heterocycles. The van der Waals surface area contributed by atoms with Gasteiger partial charge in [-0.25, -0.2) is 4.57 Å². The van der Waals surface area contributed by atoms with E-state index in [1.165, 1.54) is 154 Å².